The molecule has 190 valence electrons. The van der Waals surface area contributed by atoms with Crippen LogP contribution in [0.1, 0.15) is 11.1 Å². The van der Waals surface area contributed by atoms with Crippen LogP contribution in [0.4, 0.5) is 5.69 Å². The number of nitrogens with one attached hydrogen (secondary N) is 1. The largest absolute Gasteiger partial charge is 0.457 e. The lowest BCUT2D eigenvalue weighted by atomic mass is 10.1. The fraction of sp³-hybridized carbons (Fsp3) is 0.0690. The maximum atomic E-state index is 13.6. The predicted molar refractivity (Wildman–Crippen MR) is 151 cm³/mol. The van der Waals surface area contributed by atoms with Crippen molar-refractivity contribution >= 4 is 52.5 Å². The van der Waals surface area contributed by atoms with Gasteiger partial charge in [-0.15, -0.1) is 0 Å². The SMILES string of the molecule is Cc1cn(C)c(Oc2ccc(Cl)cc2)c1C=C1C(=O)NC(=S)N(c2ccc(Oc3ccccc3)cc2)C1=O. The van der Waals surface area contributed by atoms with Gasteiger partial charge in [0.1, 0.15) is 22.8 Å². The highest BCUT2D eigenvalue weighted by Gasteiger charge is 2.35. The Morgan fingerprint density at radius 3 is 2.16 bits per heavy atom. The van der Waals surface area contributed by atoms with E-state index in [0.29, 0.717) is 39.4 Å². The number of thiocarbonyl (C=S) groups is 1. The fourth-order valence-corrected chi connectivity index (χ4v) is 4.43. The van der Waals surface area contributed by atoms with Crippen LogP contribution in [0.2, 0.25) is 5.02 Å². The number of carbonyl (C=O) groups is 2. The molecule has 4 aromatic rings. The summed E-state index contributed by atoms with van der Waals surface area (Å²) >= 11 is 11.3. The molecule has 7 nitrogen and oxygen atoms in total. The number of nitrogens with zero attached hydrogens (tertiary/aromatic N) is 2. The highest BCUT2D eigenvalue weighted by molar-refractivity contribution is 7.80. The lowest BCUT2D eigenvalue weighted by Gasteiger charge is -2.29. The van der Waals surface area contributed by atoms with Crippen molar-refractivity contribution in [3.8, 4) is 23.1 Å². The summed E-state index contributed by atoms with van der Waals surface area (Å²) in [7, 11) is 1.82. The van der Waals surface area contributed by atoms with Gasteiger partial charge in [-0.2, -0.15) is 0 Å². The first kappa shape index (κ1) is 25.3. The van der Waals surface area contributed by atoms with Crippen LogP contribution in [0, 0.1) is 6.92 Å². The number of carbonyl (C=O) groups excluding carboxylic acids is 2. The number of amides is 2. The quantitative estimate of drug-likeness (QED) is 0.173. The minimum Gasteiger partial charge on any atom is -0.457 e. The van der Waals surface area contributed by atoms with Crippen molar-refractivity contribution in [1.29, 1.82) is 0 Å². The van der Waals surface area contributed by atoms with Crippen LogP contribution in [0.15, 0.2) is 90.6 Å². The summed E-state index contributed by atoms with van der Waals surface area (Å²) in [6.07, 6.45) is 3.39. The number of hydrogen-bond acceptors (Lipinski definition) is 5. The molecule has 2 amide bonds. The van der Waals surface area contributed by atoms with E-state index >= 15 is 0 Å². The van der Waals surface area contributed by atoms with Crippen molar-refractivity contribution in [1.82, 2.24) is 9.88 Å². The summed E-state index contributed by atoms with van der Waals surface area (Å²) < 4.78 is 13.7. The third-order valence-corrected chi connectivity index (χ3v) is 6.39. The van der Waals surface area contributed by atoms with Crippen molar-refractivity contribution in [3.63, 3.8) is 0 Å². The van der Waals surface area contributed by atoms with Gasteiger partial charge in [0.15, 0.2) is 5.11 Å². The highest BCUT2D eigenvalue weighted by Crippen LogP contribution is 2.33. The first-order valence-corrected chi connectivity index (χ1v) is 12.4. The van der Waals surface area contributed by atoms with Gasteiger partial charge in [0.05, 0.1) is 5.69 Å². The number of ether oxygens (including phenoxy) is 2. The number of anilines is 1. The first-order chi connectivity index (χ1) is 18.3. The molecule has 2 heterocycles. The summed E-state index contributed by atoms with van der Waals surface area (Å²) in [6, 6.07) is 23.2. The second kappa shape index (κ2) is 10.5. The van der Waals surface area contributed by atoms with Crippen LogP contribution in [-0.4, -0.2) is 21.5 Å². The van der Waals surface area contributed by atoms with E-state index in [-0.39, 0.29) is 10.7 Å². The zero-order chi connectivity index (χ0) is 26.8. The molecule has 3 aromatic carbocycles. The van der Waals surface area contributed by atoms with E-state index in [0.717, 1.165) is 5.56 Å². The monoisotopic (exact) mass is 543 g/mol. The number of rotatable bonds is 6. The molecule has 0 radical (unpaired) electrons. The Morgan fingerprint density at radius 1 is 0.868 bits per heavy atom. The average Bonchev–Trinajstić information content (AvgIpc) is 3.16. The molecule has 0 atom stereocenters. The molecule has 1 fully saturated rings. The van der Waals surface area contributed by atoms with Crippen molar-refractivity contribution in [2.75, 3.05) is 4.90 Å². The van der Waals surface area contributed by atoms with Gasteiger partial charge in [-0.1, -0.05) is 29.8 Å². The molecule has 0 saturated carbocycles. The van der Waals surface area contributed by atoms with E-state index in [1.807, 2.05) is 50.5 Å². The normalized spacial score (nSPS) is 14.6. The van der Waals surface area contributed by atoms with Gasteiger partial charge in [-0.3, -0.25) is 19.8 Å². The van der Waals surface area contributed by atoms with Crippen LogP contribution in [0.5, 0.6) is 23.1 Å². The third-order valence-electron chi connectivity index (χ3n) is 5.86. The maximum Gasteiger partial charge on any atom is 0.270 e. The van der Waals surface area contributed by atoms with Crippen molar-refractivity contribution in [3.05, 3.63) is 107 Å². The lowest BCUT2D eigenvalue weighted by molar-refractivity contribution is -0.122. The molecule has 1 saturated heterocycles. The molecular weight excluding hydrogens is 522 g/mol. The zero-order valence-electron chi connectivity index (χ0n) is 20.5. The molecule has 9 heteroatoms. The molecule has 5 rings (SSSR count). The number of aryl methyl sites for hydroxylation is 2. The Morgan fingerprint density at radius 2 is 1.47 bits per heavy atom. The summed E-state index contributed by atoms with van der Waals surface area (Å²) in [5.74, 6) is 1.20. The maximum absolute atomic E-state index is 13.6. The zero-order valence-corrected chi connectivity index (χ0v) is 22.0. The standard InChI is InChI=1S/C29H22ClN3O4S/c1-18-17-32(2)28(37-23-12-8-19(30)9-13-23)24(18)16-25-26(34)31-29(38)33(27(25)35)20-10-14-22(15-11-20)36-21-6-4-3-5-7-21/h3-17H,1-2H3,(H,31,34,38). The Bertz CT molecular complexity index is 1560. The van der Waals surface area contributed by atoms with Crippen LogP contribution >= 0.6 is 23.8 Å². The Kier molecular flexibility index (Phi) is 7.00. The summed E-state index contributed by atoms with van der Waals surface area (Å²) in [6.45, 7) is 1.88. The van der Waals surface area contributed by atoms with Gasteiger partial charge in [0.2, 0.25) is 5.88 Å². The summed E-state index contributed by atoms with van der Waals surface area (Å²) in [5.41, 5.74) is 1.85. The van der Waals surface area contributed by atoms with Crippen LogP contribution in [0.3, 0.4) is 0 Å². The number of halogens is 1. The smallest absolute Gasteiger partial charge is 0.270 e. The van der Waals surface area contributed by atoms with Crippen molar-refractivity contribution < 1.29 is 19.1 Å². The molecule has 1 aromatic heterocycles. The molecule has 1 aliphatic rings. The highest BCUT2D eigenvalue weighted by atomic mass is 35.5. The first-order valence-electron chi connectivity index (χ1n) is 11.6. The van der Waals surface area contributed by atoms with E-state index < -0.39 is 11.8 Å². The number of aromatic nitrogens is 1. The fourth-order valence-electron chi connectivity index (χ4n) is 4.02. The van der Waals surface area contributed by atoms with Gasteiger partial charge in [-0.05, 0) is 91.4 Å². The van der Waals surface area contributed by atoms with Crippen molar-refractivity contribution in [2.24, 2.45) is 7.05 Å². The van der Waals surface area contributed by atoms with Crippen LogP contribution < -0.4 is 19.7 Å². The second-order valence-corrected chi connectivity index (χ2v) is 9.39. The summed E-state index contributed by atoms with van der Waals surface area (Å²) in [5, 5.41) is 3.20. The van der Waals surface area contributed by atoms with Gasteiger partial charge in [-0.25, -0.2) is 0 Å². The Labute approximate surface area is 229 Å². The van der Waals surface area contributed by atoms with Crippen LogP contribution in [-0.2, 0) is 16.6 Å². The van der Waals surface area contributed by atoms with Gasteiger partial charge in [0, 0.05) is 23.8 Å². The third kappa shape index (κ3) is 5.18. The van der Waals surface area contributed by atoms with Gasteiger partial charge >= 0.3 is 0 Å². The second-order valence-electron chi connectivity index (χ2n) is 8.56. The molecule has 38 heavy (non-hydrogen) atoms. The Balaban J connectivity index is 1.44. The van der Waals surface area contributed by atoms with Crippen molar-refractivity contribution in [2.45, 2.75) is 6.92 Å². The van der Waals surface area contributed by atoms with E-state index in [2.05, 4.69) is 5.32 Å². The van der Waals surface area contributed by atoms with E-state index in [4.69, 9.17) is 33.3 Å². The molecule has 0 aliphatic carbocycles. The van der Waals surface area contributed by atoms with E-state index in [1.54, 1.807) is 53.1 Å². The van der Waals surface area contributed by atoms with E-state index in [1.165, 1.54) is 11.0 Å². The number of benzene rings is 3. The van der Waals surface area contributed by atoms with Gasteiger partial charge in [0.25, 0.3) is 11.8 Å². The topological polar surface area (TPSA) is 72.8 Å². The molecular formula is C29H22ClN3O4S. The summed E-state index contributed by atoms with van der Waals surface area (Å²) in [4.78, 5) is 27.7. The predicted octanol–water partition coefficient (Wildman–Crippen LogP) is 6.40. The minimum atomic E-state index is -0.582. The number of hydrogen-bond donors (Lipinski definition) is 1. The minimum absolute atomic E-state index is 0.00343. The van der Waals surface area contributed by atoms with Crippen LogP contribution in [0.25, 0.3) is 6.08 Å². The van der Waals surface area contributed by atoms with E-state index in [9.17, 15) is 9.59 Å². The molecule has 0 spiro atoms. The van der Waals surface area contributed by atoms with Gasteiger partial charge < -0.3 is 14.0 Å². The molecule has 1 N–H and O–H groups in total. The lowest BCUT2D eigenvalue weighted by Crippen LogP contribution is -2.54. The molecule has 1 aliphatic heterocycles. The molecule has 0 bridgehead atoms. The average molecular weight is 544 g/mol. The molecule has 0 unspecified atom stereocenters. The number of para-hydroxylation sites is 1. The Hall–Kier alpha value is -4.40.